The average molecular weight is 317 g/mol. The van der Waals surface area contributed by atoms with Gasteiger partial charge in [-0.15, -0.1) is 11.3 Å². The fourth-order valence-corrected chi connectivity index (χ4v) is 3.60. The minimum Gasteiger partial charge on any atom is -0.496 e. The lowest BCUT2D eigenvalue weighted by atomic mass is 10.1. The van der Waals surface area contributed by atoms with Gasteiger partial charge in [-0.05, 0) is 29.7 Å². The molecule has 0 N–H and O–H groups in total. The first kappa shape index (κ1) is 14.0. The number of fused-ring (bicyclic) bond motifs is 3. The van der Waals surface area contributed by atoms with Crippen molar-refractivity contribution in [2.75, 3.05) is 7.11 Å². The molecule has 4 rings (SSSR count). The maximum atomic E-state index is 5.38. The maximum Gasteiger partial charge on any atom is 0.126 e. The van der Waals surface area contributed by atoms with E-state index in [1.807, 2.05) is 24.3 Å². The lowest BCUT2D eigenvalue weighted by Gasteiger charge is -2.02. The molecule has 1 aromatic heterocycles. The normalized spacial score (nSPS) is 11.5. The van der Waals surface area contributed by atoms with Gasteiger partial charge in [-0.2, -0.15) is 0 Å². The van der Waals surface area contributed by atoms with Crippen LogP contribution in [0, 0.1) is 0 Å². The van der Waals surface area contributed by atoms with Crippen molar-refractivity contribution in [2.45, 2.75) is 0 Å². The molecule has 2 nitrogen and oxygen atoms in total. The fourth-order valence-electron chi connectivity index (χ4n) is 2.71. The third kappa shape index (κ3) is 2.60. The Morgan fingerprint density at radius 1 is 0.913 bits per heavy atom. The first-order valence-electron chi connectivity index (χ1n) is 7.44. The first-order valence-corrected chi connectivity index (χ1v) is 8.26. The molecule has 0 aliphatic rings. The van der Waals surface area contributed by atoms with Crippen LogP contribution < -0.4 is 4.74 Å². The van der Waals surface area contributed by atoms with Gasteiger partial charge in [-0.3, -0.25) is 0 Å². The van der Waals surface area contributed by atoms with Crippen LogP contribution in [0.15, 0.2) is 60.7 Å². The summed E-state index contributed by atoms with van der Waals surface area (Å²) in [5.74, 6) is 0.871. The molecule has 4 aromatic rings. The lowest BCUT2D eigenvalue weighted by molar-refractivity contribution is 0.414. The van der Waals surface area contributed by atoms with Crippen LogP contribution in [-0.4, -0.2) is 12.1 Å². The van der Waals surface area contributed by atoms with Gasteiger partial charge in [-0.25, -0.2) is 4.98 Å². The number of hydrogen-bond donors (Lipinski definition) is 0. The van der Waals surface area contributed by atoms with Crippen molar-refractivity contribution in [3.8, 4) is 5.75 Å². The Balaban J connectivity index is 1.78. The molecular weight excluding hydrogens is 302 g/mol. The van der Waals surface area contributed by atoms with Gasteiger partial charge in [0.15, 0.2) is 0 Å². The molecule has 0 unspecified atom stereocenters. The van der Waals surface area contributed by atoms with E-state index in [9.17, 15) is 0 Å². The summed E-state index contributed by atoms with van der Waals surface area (Å²) in [7, 11) is 1.69. The Hall–Kier alpha value is -2.65. The van der Waals surface area contributed by atoms with Gasteiger partial charge in [0, 0.05) is 10.9 Å². The molecule has 0 atom stereocenters. The van der Waals surface area contributed by atoms with Crippen molar-refractivity contribution in [1.29, 1.82) is 0 Å². The maximum absolute atomic E-state index is 5.38. The van der Waals surface area contributed by atoms with Crippen molar-refractivity contribution in [2.24, 2.45) is 0 Å². The summed E-state index contributed by atoms with van der Waals surface area (Å²) in [6, 6.07) is 20.7. The first-order chi connectivity index (χ1) is 11.3. The molecule has 23 heavy (non-hydrogen) atoms. The van der Waals surface area contributed by atoms with E-state index in [1.54, 1.807) is 18.4 Å². The van der Waals surface area contributed by atoms with E-state index >= 15 is 0 Å². The molecule has 0 radical (unpaired) electrons. The number of thiazole rings is 1. The summed E-state index contributed by atoms with van der Waals surface area (Å²) in [6.07, 6.45) is 4.11. The number of benzene rings is 3. The molecule has 0 spiro atoms. The number of para-hydroxylation sites is 1. The highest BCUT2D eigenvalue weighted by atomic mass is 32.1. The monoisotopic (exact) mass is 317 g/mol. The molecule has 112 valence electrons. The Morgan fingerprint density at radius 3 is 2.65 bits per heavy atom. The van der Waals surface area contributed by atoms with Crippen molar-refractivity contribution < 1.29 is 4.74 Å². The average Bonchev–Trinajstić information content (AvgIpc) is 3.04. The number of hydrogen-bond acceptors (Lipinski definition) is 3. The van der Waals surface area contributed by atoms with E-state index in [0.717, 1.165) is 21.8 Å². The van der Waals surface area contributed by atoms with Crippen molar-refractivity contribution in [1.82, 2.24) is 4.98 Å². The Labute approximate surface area is 138 Å². The number of methoxy groups -OCH3 is 1. The van der Waals surface area contributed by atoms with Crippen LogP contribution in [0.1, 0.15) is 10.6 Å². The molecule has 1 heterocycles. The van der Waals surface area contributed by atoms with Crippen LogP contribution in [0.25, 0.3) is 33.1 Å². The Kier molecular flexibility index (Phi) is 3.56. The highest BCUT2D eigenvalue weighted by Crippen LogP contribution is 2.30. The Bertz CT molecular complexity index is 1020. The molecule has 0 fully saturated rings. The van der Waals surface area contributed by atoms with E-state index in [2.05, 4.69) is 48.6 Å². The van der Waals surface area contributed by atoms with E-state index in [0.29, 0.717) is 0 Å². The van der Waals surface area contributed by atoms with Crippen molar-refractivity contribution in [3.63, 3.8) is 0 Å². The zero-order chi connectivity index (χ0) is 15.6. The SMILES string of the molecule is COc1ccccc1C=Cc1nc2c(ccc3ccccc32)s1. The number of aromatic nitrogens is 1. The summed E-state index contributed by atoms with van der Waals surface area (Å²) in [4.78, 5) is 4.80. The van der Waals surface area contributed by atoms with E-state index in [4.69, 9.17) is 9.72 Å². The van der Waals surface area contributed by atoms with Gasteiger partial charge in [0.25, 0.3) is 0 Å². The van der Waals surface area contributed by atoms with E-state index < -0.39 is 0 Å². The summed E-state index contributed by atoms with van der Waals surface area (Å²) >= 11 is 1.71. The fraction of sp³-hybridized carbons (Fsp3) is 0.0500. The minimum absolute atomic E-state index is 0.871. The molecular formula is C20H15NOS. The zero-order valence-corrected chi connectivity index (χ0v) is 13.5. The topological polar surface area (TPSA) is 22.1 Å². The second-order valence-corrected chi connectivity index (χ2v) is 6.32. The Morgan fingerprint density at radius 2 is 1.74 bits per heavy atom. The molecule has 3 aromatic carbocycles. The minimum atomic E-state index is 0.871. The van der Waals surface area contributed by atoms with Gasteiger partial charge >= 0.3 is 0 Å². The predicted octanol–water partition coefficient (Wildman–Crippen LogP) is 5.63. The summed E-state index contributed by atoms with van der Waals surface area (Å²) < 4.78 is 6.59. The smallest absolute Gasteiger partial charge is 0.126 e. The molecule has 0 saturated carbocycles. The van der Waals surface area contributed by atoms with E-state index in [-0.39, 0.29) is 0 Å². The van der Waals surface area contributed by atoms with Crippen molar-refractivity contribution >= 4 is 44.5 Å². The third-order valence-electron chi connectivity index (χ3n) is 3.84. The van der Waals surface area contributed by atoms with Gasteiger partial charge in [-0.1, -0.05) is 48.5 Å². The van der Waals surface area contributed by atoms with Crippen LogP contribution >= 0.6 is 11.3 Å². The van der Waals surface area contributed by atoms with Crippen LogP contribution in [0.4, 0.5) is 0 Å². The largest absolute Gasteiger partial charge is 0.496 e. The zero-order valence-electron chi connectivity index (χ0n) is 12.7. The second kappa shape index (κ2) is 5.86. The molecule has 0 bridgehead atoms. The number of ether oxygens (including phenoxy) is 1. The highest BCUT2D eigenvalue weighted by Gasteiger charge is 2.06. The molecule has 0 amide bonds. The van der Waals surface area contributed by atoms with Crippen molar-refractivity contribution in [3.05, 3.63) is 71.2 Å². The van der Waals surface area contributed by atoms with Crippen LogP contribution in [-0.2, 0) is 0 Å². The second-order valence-electron chi connectivity index (χ2n) is 5.26. The summed E-state index contributed by atoms with van der Waals surface area (Å²) in [6.45, 7) is 0. The van der Waals surface area contributed by atoms with Crippen LogP contribution in [0.5, 0.6) is 5.75 Å². The molecule has 0 aliphatic carbocycles. The summed E-state index contributed by atoms with van der Waals surface area (Å²) in [5, 5.41) is 3.44. The molecule has 3 heteroatoms. The standard InChI is InChI=1S/C20H15NOS/c1-22-17-9-5-3-7-15(17)11-13-19-21-20-16-8-4-2-6-14(16)10-12-18(20)23-19/h2-13H,1H3. The van der Waals surface area contributed by atoms with E-state index in [1.165, 1.54) is 15.5 Å². The van der Waals surface area contributed by atoms with Gasteiger partial charge in [0.1, 0.15) is 10.8 Å². The van der Waals surface area contributed by atoms with Crippen LogP contribution in [0.3, 0.4) is 0 Å². The third-order valence-corrected chi connectivity index (χ3v) is 4.83. The van der Waals surface area contributed by atoms with Gasteiger partial charge < -0.3 is 4.74 Å². The molecule has 0 saturated heterocycles. The highest BCUT2D eigenvalue weighted by molar-refractivity contribution is 7.19. The lowest BCUT2D eigenvalue weighted by Crippen LogP contribution is -1.85. The van der Waals surface area contributed by atoms with Gasteiger partial charge in [0.05, 0.1) is 17.3 Å². The number of nitrogens with zero attached hydrogens (tertiary/aromatic N) is 1. The van der Waals surface area contributed by atoms with Gasteiger partial charge in [0.2, 0.25) is 0 Å². The number of rotatable bonds is 3. The quantitative estimate of drug-likeness (QED) is 0.488. The van der Waals surface area contributed by atoms with Crippen LogP contribution in [0.2, 0.25) is 0 Å². The summed E-state index contributed by atoms with van der Waals surface area (Å²) in [5.41, 5.74) is 2.13. The molecule has 0 aliphatic heterocycles. The predicted molar refractivity (Wildman–Crippen MR) is 99.0 cm³/mol.